The van der Waals surface area contributed by atoms with Crippen molar-refractivity contribution in [3.05, 3.63) is 72.3 Å². The van der Waals surface area contributed by atoms with Gasteiger partial charge in [-0.05, 0) is 81.8 Å². The van der Waals surface area contributed by atoms with Gasteiger partial charge in [0.15, 0.2) is 0 Å². The van der Waals surface area contributed by atoms with Crippen LogP contribution >= 0.6 is 0 Å². The van der Waals surface area contributed by atoms with Crippen LogP contribution in [-0.2, 0) is 25.5 Å². The summed E-state index contributed by atoms with van der Waals surface area (Å²) < 4.78 is 11.9. The van der Waals surface area contributed by atoms with Crippen LogP contribution < -0.4 is 15.4 Å². The van der Waals surface area contributed by atoms with Gasteiger partial charge in [-0.1, -0.05) is 67.8 Å². The molecular weight excluding hydrogens is 592 g/mol. The lowest BCUT2D eigenvalue weighted by atomic mass is 9.74. The van der Waals surface area contributed by atoms with E-state index in [0.29, 0.717) is 23.9 Å². The van der Waals surface area contributed by atoms with E-state index in [2.05, 4.69) is 45.9 Å². The number of nitrogens with zero attached hydrogens (tertiary/aromatic N) is 2. The number of rotatable bonds is 11. The average Bonchev–Trinajstić information content (AvgIpc) is 3.74. The van der Waals surface area contributed by atoms with Crippen LogP contribution in [0.25, 0.3) is 0 Å². The van der Waals surface area contributed by atoms with Gasteiger partial charge in [0.05, 0.1) is 25.0 Å². The van der Waals surface area contributed by atoms with E-state index in [9.17, 15) is 14.4 Å². The van der Waals surface area contributed by atoms with Gasteiger partial charge in [-0.2, -0.15) is 0 Å². The van der Waals surface area contributed by atoms with E-state index in [1.54, 1.807) is 24.1 Å². The lowest BCUT2D eigenvalue weighted by molar-refractivity contribution is -0.141. The minimum atomic E-state index is -1.15. The lowest BCUT2D eigenvalue weighted by Crippen LogP contribution is -2.56. The zero-order chi connectivity index (χ0) is 32.4. The summed E-state index contributed by atoms with van der Waals surface area (Å²) in [5, 5.41) is 6.28. The van der Waals surface area contributed by atoms with Gasteiger partial charge in [0, 0.05) is 24.3 Å². The van der Waals surface area contributed by atoms with Crippen LogP contribution in [0, 0.1) is 17.8 Å². The molecule has 250 valence electrons. The maximum absolute atomic E-state index is 14.4. The Hall–Kier alpha value is -3.69. The number of amides is 3. The smallest absolute Gasteiger partial charge is 0.246 e. The molecule has 0 aromatic heterocycles. The number of nitrogens with one attached hydrogen (secondary N) is 2. The molecule has 4 fully saturated rings. The van der Waals surface area contributed by atoms with Crippen molar-refractivity contribution in [1.82, 2.24) is 15.1 Å². The summed E-state index contributed by atoms with van der Waals surface area (Å²) >= 11 is 0. The summed E-state index contributed by atoms with van der Waals surface area (Å²) in [6, 6.07) is 17.2. The SMILES string of the molecule is COc1cccc(NC(=O)C2[C@H]3C=CC4(O3)C(C(=O)NC3CCCCC3)N(CCCN3CCC(Cc5ccccc5)CC3)C(=O)[C@@H]24)c1. The normalized spacial score (nSPS) is 29.2. The van der Waals surface area contributed by atoms with Gasteiger partial charge in [-0.15, -0.1) is 0 Å². The standard InChI is InChI=1S/C38H48N4O5/c1-46-30-15-8-14-29(25-30)40-35(43)32-31-16-19-38(47-31)33(32)37(45)42(34(38)36(44)39-28-12-6-3-7-13-28)21-9-20-41-22-17-27(18-23-41)24-26-10-4-2-5-11-26/h2,4-5,8,10-11,14-16,19,25,27-28,31-34H,3,6-7,9,12-13,17-18,20-24H2,1H3,(H,39,44)(H,40,43)/t31-,32?,33-,34?,38?/m1/s1. The lowest BCUT2D eigenvalue weighted by Gasteiger charge is -2.35. The zero-order valence-corrected chi connectivity index (χ0v) is 27.4. The summed E-state index contributed by atoms with van der Waals surface area (Å²) in [6.45, 7) is 3.42. The van der Waals surface area contributed by atoms with Crippen molar-refractivity contribution in [3.63, 3.8) is 0 Å². The molecule has 1 saturated carbocycles. The molecule has 9 nitrogen and oxygen atoms in total. The van der Waals surface area contributed by atoms with E-state index in [1.807, 2.05) is 24.3 Å². The van der Waals surface area contributed by atoms with Crippen molar-refractivity contribution >= 4 is 23.4 Å². The number of hydrogen-bond acceptors (Lipinski definition) is 6. The molecule has 5 aliphatic rings. The van der Waals surface area contributed by atoms with Crippen molar-refractivity contribution in [2.24, 2.45) is 17.8 Å². The van der Waals surface area contributed by atoms with Gasteiger partial charge in [0.25, 0.3) is 0 Å². The quantitative estimate of drug-likeness (QED) is 0.349. The van der Waals surface area contributed by atoms with E-state index < -0.39 is 29.6 Å². The third-order valence-electron chi connectivity index (χ3n) is 11.2. The molecule has 1 aliphatic carbocycles. The number of carbonyl (C=O) groups excluding carboxylic acids is 3. The Morgan fingerprint density at radius 3 is 2.51 bits per heavy atom. The molecule has 0 radical (unpaired) electrons. The highest BCUT2D eigenvalue weighted by atomic mass is 16.5. The number of benzene rings is 2. The molecule has 2 aromatic carbocycles. The number of carbonyl (C=O) groups is 3. The van der Waals surface area contributed by atoms with Crippen LogP contribution in [0.3, 0.4) is 0 Å². The van der Waals surface area contributed by atoms with E-state index in [0.717, 1.165) is 58.2 Å². The van der Waals surface area contributed by atoms with Crippen LogP contribution in [0.5, 0.6) is 5.75 Å². The molecule has 3 amide bonds. The summed E-state index contributed by atoms with van der Waals surface area (Å²) in [4.78, 5) is 46.5. The molecular formula is C38H48N4O5. The molecule has 47 heavy (non-hydrogen) atoms. The molecule has 3 saturated heterocycles. The molecule has 7 rings (SSSR count). The number of methoxy groups -OCH3 is 1. The molecule has 4 aliphatic heterocycles. The Bertz CT molecular complexity index is 1470. The largest absolute Gasteiger partial charge is 0.497 e. The van der Waals surface area contributed by atoms with Crippen LogP contribution in [0.1, 0.15) is 56.9 Å². The first-order valence-electron chi connectivity index (χ1n) is 17.6. The number of ether oxygens (including phenoxy) is 2. The minimum Gasteiger partial charge on any atom is -0.497 e. The molecule has 2 bridgehead atoms. The number of fused-ring (bicyclic) bond motifs is 1. The third kappa shape index (κ3) is 6.44. The van der Waals surface area contributed by atoms with E-state index in [4.69, 9.17) is 9.47 Å². The number of piperidine rings is 1. The first-order chi connectivity index (χ1) is 22.9. The van der Waals surface area contributed by atoms with Crippen LogP contribution in [0.15, 0.2) is 66.7 Å². The fraction of sp³-hybridized carbons (Fsp3) is 0.553. The summed E-state index contributed by atoms with van der Waals surface area (Å²) in [7, 11) is 1.58. The molecule has 9 heteroatoms. The Kier molecular flexibility index (Phi) is 9.37. The molecule has 2 aromatic rings. The topological polar surface area (TPSA) is 100 Å². The Labute approximate surface area is 278 Å². The van der Waals surface area contributed by atoms with Gasteiger partial charge >= 0.3 is 0 Å². The maximum Gasteiger partial charge on any atom is 0.246 e. The average molecular weight is 641 g/mol. The first-order valence-corrected chi connectivity index (χ1v) is 17.6. The molecule has 3 unspecified atom stereocenters. The summed E-state index contributed by atoms with van der Waals surface area (Å²) in [6.07, 6.45) is 12.7. The Morgan fingerprint density at radius 1 is 0.957 bits per heavy atom. The number of hydrogen-bond donors (Lipinski definition) is 2. The van der Waals surface area contributed by atoms with Gasteiger partial charge < -0.3 is 29.9 Å². The van der Waals surface area contributed by atoms with Gasteiger partial charge in [0.1, 0.15) is 17.4 Å². The van der Waals surface area contributed by atoms with Gasteiger partial charge in [-0.3, -0.25) is 14.4 Å². The van der Waals surface area contributed by atoms with E-state index in [1.165, 1.54) is 24.8 Å². The van der Waals surface area contributed by atoms with Crippen molar-refractivity contribution < 1.29 is 23.9 Å². The monoisotopic (exact) mass is 640 g/mol. The predicted octanol–water partition coefficient (Wildman–Crippen LogP) is 4.58. The second-order valence-electron chi connectivity index (χ2n) is 14.1. The second kappa shape index (κ2) is 13.8. The molecule has 4 heterocycles. The fourth-order valence-corrected chi connectivity index (χ4v) is 8.79. The molecule has 1 spiro atoms. The molecule has 5 atom stereocenters. The van der Waals surface area contributed by atoms with E-state index >= 15 is 0 Å². The second-order valence-corrected chi connectivity index (χ2v) is 14.1. The van der Waals surface area contributed by atoms with E-state index in [-0.39, 0.29) is 23.8 Å². The molecule has 2 N–H and O–H groups in total. The zero-order valence-electron chi connectivity index (χ0n) is 27.4. The van der Waals surface area contributed by atoms with Gasteiger partial charge in [0.2, 0.25) is 17.7 Å². The fourth-order valence-electron chi connectivity index (χ4n) is 8.79. The highest BCUT2D eigenvalue weighted by Gasteiger charge is 2.72. The van der Waals surface area contributed by atoms with Crippen molar-refractivity contribution in [2.45, 2.75) is 81.6 Å². The van der Waals surface area contributed by atoms with Crippen LogP contribution in [0.2, 0.25) is 0 Å². The predicted molar refractivity (Wildman–Crippen MR) is 180 cm³/mol. The van der Waals surface area contributed by atoms with Gasteiger partial charge in [-0.25, -0.2) is 0 Å². The van der Waals surface area contributed by atoms with Crippen molar-refractivity contribution in [2.75, 3.05) is 38.6 Å². The van der Waals surface area contributed by atoms with Crippen LogP contribution in [-0.4, -0.2) is 84.6 Å². The number of anilines is 1. The highest BCUT2D eigenvalue weighted by molar-refractivity contribution is 6.02. The van der Waals surface area contributed by atoms with Crippen LogP contribution in [0.4, 0.5) is 5.69 Å². The Morgan fingerprint density at radius 2 is 1.74 bits per heavy atom. The highest BCUT2D eigenvalue weighted by Crippen LogP contribution is 2.55. The minimum absolute atomic E-state index is 0.107. The number of likely N-dealkylation sites (tertiary alicyclic amines) is 2. The third-order valence-corrected chi connectivity index (χ3v) is 11.2. The summed E-state index contributed by atoms with van der Waals surface area (Å²) in [5.74, 6) is -0.747. The first kappa shape index (κ1) is 31.9. The summed E-state index contributed by atoms with van der Waals surface area (Å²) in [5.41, 5.74) is 0.852. The maximum atomic E-state index is 14.4. The Balaban J connectivity index is 1.04. The van der Waals surface area contributed by atoms with Crippen molar-refractivity contribution in [3.8, 4) is 5.75 Å². The van der Waals surface area contributed by atoms with Crippen molar-refractivity contribution in [1.29, 1.82) is 0 Å².